The summed E-state index contributed by atoms with van der Waals surface area (Å²) in [7, 11) is 1.59. The summed E-state index contributed by atoms with van der Waals surface area (Å²) >= 11 is 0. The van der Waals surface area contributed by atoms with Gasteiger partial charge in [-0.3, -0.25) is 9.69 Å². The number of nitrogens with zero attached hydrogens (tertiary/aromatic N) is 1. The fourth-order valence-corrected chi connectivity index (χ4v) is 2.51. The zero-order valence-electron chi connectivity index (χ0n) is 14.9. The van der Waals surface area contributed by atoms with E-state index in [2.05, 4.69) is 5.32 Å². The van der Waals surface area contributed by atoms with E-state index in [0.717, 1.165) is 0 Å². The van der Waals surface area contributed by atoms with E-state index in [9.17, 15) is 14.4 Å². The van der Waals surface area contributed by atoms with Crippen molar-refractivity contribution in [1.29, 1.82) is 0 Å². The molecule has 2 aromatic carbocycles. The SMILES string of the molecule is CCOC(=O)N(C)c1ccc(NC(=O)c2cc3ccccc3oc2=O)cc1. The van der Waals surface area contributed by atoms with Crippen molar-refractivity contribution in [2.24, 2.45) is 0 Å². The summed E-state index contributed by atoms with van der Waals surface area (Å²) in [6, 6.07) is 15.1. The minimum absolute atomic E-state index is 0.0820. The van der Waals surface area contributed by atoms with Gasteiger partial charge in [-0.2, -0.15) is 0 Å². The van der Waals surface area contributed by atoms with Gasteiger partial charge < -0.3 is 14.5 Å². The first kappa shape index (κ1) is 18.2. The average Bonchev–Trinajstić information content (AvgIpc) is 2.67. The maximum atomic E-state index is 12.4. The molecule has 0 radical (unpaired) electrons. The Morgan fingerprint density at radius 1 is 1.11 bits per heavy atom. The number of carbonyl (C=O) groups excluding carboxylic acids is 2. The van der Waals surface area contributed by atoms with Crippen LogP contribution in [0.2, 0.25) is 0 Å². The summed E-state index contributed by atoms with van der Waals surface area (Å²) in [5, 5.41) is 3.31. The number of anilines is 2. The molecule has 0 spiro atoms. The van der Waals surface area contributed by atoms with Crippen molar-refractivity contribution in [1.82, 2.24) is 0 Å². The minimum Gasteiger partial charge on any atom is -0.449 e. The van der Waals surface area contributed by atoms with Crippen LogP contribution in [-0.4, -0.2) is 25.7 Å². The van der Waals surface area contributed by atoms with Gasteiger partial charge in [0.05, 0.1) is 6.61 Å². The topological polar surface area (TPSA) is 88.8 Å². The summed E-state index contributed by atoms with van der Waals surface area (Å²) in [6.07, 6.45) is -0.469. The van der Waals surface area contributed by atoms with Crippen molar-refractivity contribution in [3.05, 3.63) is 70.6 Å². The predicted octanol–water partition coefficient (Wildman–Crippen LogP) is 3.64. The lowest BCUT2D eigenvalue weighted by molar-refractivity contribution is 0.102. The first-order valence-corrected chi connectivity index (χ1v) is 8.34. The fraction of sp³-hybridized carbons (Fsp3) is 0.150. The molecule has 0 aliphatic rings. The molecule has 2 amide bonds. The van der Waals surface area contributed by atoms with Crippen molar-refractivity contribution >= 4 is 34.3 Å². The Bertz CT molecular complexity index is 1040. The number of amides is 2. The first-order valence-electron chi connectivity index (χ1n) is 8.34. The van der Waals surface area contributed by atoms with E-state index in [0.29, 0.717) is 22.3 Å². The molecule has 0 saturated heterocycles. The van der Waals surface area contributed by atoms with E-state index in [1.54, 1.807) is 62.5 Å². The van der Waals surface area contributed by atoms with Crippen LogP contribution < -0.4 is 15.8 Å². The van der Waals surface area contributed by atoms with Crippen LogP contribution in [0.25, 0.3) is 11.0 Å². The van der Waals surface area contributed by atoms with Gasteiger partial charge in [0.25, 0.3) is 5.91 Å². The highest BCUT2D eigenvalue weighted by molar-refractivity contribution is 6.05. The average molecular weight is 366 g/mol. The van der Waals surface area contributed by atoms with E-state index in [4.69, 9.17) is 9.15 Å². The molecule has 0 atom stereocenters. The minimum atomic E-state index is -0.704. The summed E-state index contributed by atoms with van der Waals surface area (Å²) in [5.74, 6) is -0.569. The van der Waals surface area contributed by atoms with Crippen molar-refractivity contribution < 1.29 is 18.7 Å². The Labute approximate surface area is 155 Å². The van der Waals surface area contributed by atoms with Crippen molar-refractivity contribution in [3.63, 3.8) is 0 Å². The Hall–Kier alpha value is -3.61. The number of benzene rings is 2. The molecule has 3 aromatic rings. The third-order valence-electron chi connectivity index (χ3n) is 3.94. The van der Waals surface area contributed by atoms with Crippen molar-refractivity contribution in [2.75, 3.05) is 23.9 Å². The van der Waals surface area contributed by atoms with Crippen LogP contribution in [0, 0.1) is 0 Å². The van der Waals surface area contributed by atoms with Crippen LogP contribution in [0.15, 0.2) is 63.8 Å². The van der Waals surface area contributed by atoms with Crippen LogP contribution in [0.5, 0.6) is 0 Å². The Morgan fingerprint density at radius 3 is 2.52 bits per heavy atom. The fourth-order valence-electron chi connectivity index (χ4n) is 2.51. The molecule has 0 saturated carbocycles. The monoisotopic (exact) mass is 366 g/mol. The zero-order chi connectivity index (χ0) is 19.4. The maximum absolute atomic E-state index is 12.4. The summed E-state index contributed by atoms with van der Waals surface area (Å²) in [6.45, 7) is 2.01. The number of hydrogen-bond acceptors (Lipinski definition) is 5. The predicted molar refractivity (Wildman–Crippen MR) is 102 cm³/mol. The van der Waals surface area contributed by atoms with Crippen molar-refractivity contribution in [2.45, 2.75) is 6.92 Å². The zero-order valence-corrected chi connectivity index (χ0v) is 14.9. The molecule has 1 heterocycles. The number of hydrogen-bond donors (Lipinski definition) is 1. The highest BCUT2D eigenvalue weighted by Crippen LogP contribution is 2.19. The molecule has 138 valence electrons. The Morgan fingerprint density at radius 2 is 1.81 bits per heavy atom. The maximum Gasteiger partial charge on any atom is 0.413 e. The van der Waals surface area contributed by atoms with Gasteiger partial charge >= 0.3 is 11.7 Å². The molecule has 7 heteroatoms. The third kappa shape index (κ3) is 3.98. The Balaban J connectivity index is 1.77. The number of ether oxygens (including phenoxy) is 1. The molecule has 7 nitrogen and oxygen atoms in total. The van der Waals surface area contributed by atoms with Crippen LogP contribution in [0.4, 0.5) is 16.2 Å². The molecule has 0 fully saturated rings. The van der Waals surface area contributed by atoms with E-state index < -0.39 is 17.6 Å². The molecule has 1 aromatic heterocycles. The van der Waals surface area contributed by atoms with Gasteiger partial charge in [-0.05, 0) is 43.3 Å². The number of para-hydroxylation sites is 1. The lowest BCUT2D eigenvalue weighted by Gasteiger charge is -2.16. The van der Waals surface area contributed by atoms with E-state index in [-0.39, 0.29) is 12.2 Å². The van der Waals surface area contributed by atoms with Gasteiger partial charge in [-0.15, -0.1) is 0 Å². The largest absolute Gasteiger partial charge is 0.449 e. The molecule has 3 rings (SSSR count). The van der Waals surface area contributed by atoms with E-state index >= 15 is 0 Å². The molecule has 27 heavy (non-hydrogen) atoms. The van der Waals surface area contributed by atoms with Gasteiger partial charge in [0.2, 0.25) is 0 Å². The van der Waals surface area contributed by atoms with E-state index in [1.807, 2.05) is 0 Å². The standard InChI is InChI=1S/C20H18N2O5/c1-3-26-20(25)22(2)15-10-8-14(9-11-15)21-18(23)16-12-13-6-4-5-7-17(13)27-19(16)24/h4-12H,3H2,1-2H3,(H,21,23). The summed E-state index contributed by atoms with van der Waals surface area (Å²) in [5.41, 5.74) is 0.724. The third-order valence-corrected chi connectivity index (χ3v) is 3.94. The highest BCUT2D eigenvalue weighted by Gasteiger charge is 2.15. The summed E-state index contributed by atoms with van der Waals surface area (Å²) < 4.78 is 10.1. The van der Waals surface area contributed by atoms with Gasteiger partial charge in [0.1, 0.15) is 11.1 Å². The van der Waals surface area contributed by atoms with Crippen LogP contribution >= 0.6 is 0 Å². The molecular weight excluding hydrogens is 348 g/mol. The van der Waals surface area contributed by atoms with Gasteiger partial charge in [-0.1, -0.05) is 18.2 Å². The molecule has 0 unspecified atom stereocenters. The number of carbonyl (C=O) groups is 2. The van der Waals surface area contributed by atoms with Crippen LogP contribution in [0.3, 0.4) is 0 Å². The number of rotatable bonds is 4. The second-order valence-electron chi connectivity index (χ2n) is 5.74. The van der Waals surface area contributed by atoms with Gasteiger partial charge in [0, 0.05) is 23.8 Å². The molecule has 0 aliphatic heterocycles. The van der Waals surface area contributed by atoms with Gasteiger partial charge in [0.15, 0.2) is 0 Å². The smallest absolute Gasteiger partial charge is 0.413 e. The molecular formula is C20H18N2O5. The highest BCUT2D eigenvalue weighted by atomic mass is 16.6. The first-order chi connectivity index (χ1) is 13.0. The second-order valence-corrected chi connectivity index (χ2v) is 5.74. The second kappa shape index (κ2) is 7.74. The summed E-state index contributed by atoms with van der Waals surface area (Å²) in [4.78, 5) is 37.6. The quantitative estimate of drug-likeness (QED) is 0.712. The van der Waals surface area contributed by atoms with Crippen molar-refractivity contribution in [3.8, 4) is 0 Å². The molecule has 0 aliphatic carbocycles. The lowest BCUT2D eigenvalue weighted by Crippen LogP contribution is -2.27. The van der Waals surface area contributed by atoms with Gasteiger partial charge in [-0.25, -0.2) is 9.59 Å². The number of fused-ring (bicyclic) bond motifs is 1. The molecule has 0 bridgehead atoms. The molecule has 1 N–H and O–H groups in total. The van der Waals surface area contributed by atoms with Crippen LogP contribution in [-0.2, 0) is 4.74 Å². The normalized spacial score (nSPS) is 10.4. The van der Waals surface area contributed by atoms with E-state index in [1.165, 1.54) is 11.0 Å². The lowest BCUT2D eigenvalue weighted by atomic mass is 10.1. The number of nitrogens with one attached hydrogen (secondary N) is 1. The van der Waals surface area contributed by atoms with Crippen LogP contribution in [0.1, 0.15) is 17.3 Å². The Kier molecular flexibility index (Phi) is 5.21.